The van der Waals surface area contributed by atoms with Crippen LogP contribution in [0.3, 0.4) is 0 Å². The van der Waals surface area contributed by atoms with E-state index in [0.717, 1.165) is 0 Å². The number of nitrogens with one attached hydrogen (secondary N) is 1. The fraction of sp³-hybridized carbons (Fsp3) is 0.800. The average molecular weight is 217 g/mol. The topological polar surface area (TPSA) is 86.6 Å². The lowest BCUT2D eigenvalue weighted by Gasteiger charge is -2.23. The van der Waals surface area contributed by atoms with Crippen LogP contribution >= 0.6 is 0 Å². The summed E-state index contributed by atoms with van der Waals surface area (Å²) in [4.78, 5) is 21.9. The number of carboxylic acid groups (broad SMARTS) is 1. The van der Waals surface area contributed by atoms with Gasteiger partial charge in [0.1, 0.15) is 11.8 Å². The second-order valence-corrected chi connectivity index (χ2v) is 3.67. The summed E-state index contributed by atoms with van der Waals surface area (Å²) in [5.74, 6) is -1.44. The number of likely N-dealkylation sites (N-methyl/N-ethyl adjacent to an activating group) is 1. The molecule has 0 aromatic rings. The number of aliphatic hydroxyl groups excluding tert-OH is 1. The third kappa shape index (κ3) is 4.40. The van der Waals surface area contributed by atoms with Gasteiger partial charge in [0.15, 0.2) is 0 Å². The van der Waals surface area contributed by atoms with Crippen LogP contribution in [0.25, 0.3) is 0 Å². The average Bonchev–Trinajstić information content (AvgIpc) is 2.17. The van der Waals surface area contributed by atoms with Gasteiger partial charge in [0.2, 0.25) is 0 Å². The Morgan fingerprint density at radius 1 is 1.40 bits per heavy atom. The van der Waals surface area contributed by atoms with E-state index in [-0.39, 0.29) is 18.1 Å². The minimum atomic E-state index is -1.11. The zero-order valence-corrected chi connectivity index (χ0v) is 9.36. The fourth-order valence-electron chi connectivity index (χ4n) is 1.39. The van der Waals surface area contributed by atoms with Crippen molar-refractivity contribution in [2.45, 2.75) is 38.8 Å². The number of carbonyl (C=O) groups excluding carboxylic acids is 1. The smallest absolute Gasteiger partial charge is 0.323 e. The largest absolute Gasteiger partial charge is 0.480 e. The van der Waals surface area contributed by atoms with Crippen molar-refractivity contribution in [1.29, 1.82) is 0 Å². The number of hydrogen-bond donors (Lipinski definition) is 3. The standard InChI is InChI=1S/C10H19NO4/c1-4-7(12)5-6(2)9(13)8(11-3)10(14)15/h6,8-9,11,13H,4-5H2,1-3H3,(H,14,15). The van der Waals surface area contributed by atoms with E-state index in [1.54, 1.807) is 13.8 Å². The van der Waals surface area contributed by atoms with Crippen molar-refractivity contribution in [2.75, 3.05) is 7.05 Å². The van der Waals surface area contributed by atoms with Crippen LogP contribution in [0.2, 0.25) is 0 Å². The quantitative estimate of drug-likeness (QED) is 0.560. The van der Waals surface area contributed by atoms with Gasteiger partial charge in [-0.05, 0) is 13.0 Å². The monoisotopic (exact) mass is 217 g/mol. The summed E-state index contributed by atoms with van der Waals surface area (Å²) in [7, 11) is 1.47. The summed E-state index contributed by atoms with van der Waals surface area (Å²) in [5, 5.41) is 21.0. The first-order chi connectivity index (χ1) is 6.93. The minimum absolute atomic E-state index is 0.0294. The molecule has 0 aromatic heterocycles. The van der Waals surface area contributed by atoms with Gasteiger partial charge >= 0.3 is 5.97 Å². The van der Waals surface area contributed by atoms with E-state index in [4.69, 9.17) is 5.11 Å². The molecule has 0 radical (unpaired) electrons. The maximum atomic E-state index is 11.1. The molecule has 3 N–H and O–H groups in total. The third-order valence-electron chi connectivity index (χ3n) is 2.45. The highest BCUT2D eigenvalue weighted by Crippen LogP contribution is 2.13. The lowest BCUT2D eigenvalue weighted by atomic mass is 9.92. The van der Waals surface area contributed by atoms with Gasteiger partial charge in [-0.25, -0.2) is 0 Å². The number of ketones is 1. The van der Waals surface area contributed by atoms with E-state index in [1.165, 1.54) is 7.05 Å². The molecule has 3 atom stereocenters. The summed E-state index contributed by atoms with van der Waals surface area (Å²) in [5.41, 5.74) is 0. The van der Waals surface area contributed by atoms with Gasteiger partial charge in [0.05, 0.1) is 6.10 Å². The van der Waals surface area contributed by atoms with Crippen LogP contribution in [0.5, 0.6) is 0 Å². The van der Waals surface area contributed by atoms with Crippen molar-refractivity contribution in [2.24, 2.45) is 5.92 Å². The van der Waals surface area contributed by atoms with E-state index in [0.29, 0.717) is 6.42 Å². The second-order valence-electron chi connectivity index (χ2n) is 3.67. The van der Waals surface area contributed by atoms with Crippen LogP contribution in [-0.4, -0.2) is 41.2 Å². The zero-order chi connectivity index (χ0) is 12.0. The molecule has 5 nitrogen and oxygen atoms in total. The van der Waals surface area contributed by atoms with Crippen LogP contribution in [0, 0.1) is 5.92 Å². The Balaban J connectivity index is 4.34. The SMILES string of the molecule is CCC(=O)CC(C)C(O)C(NC)C(=O)O. The number of aliphatic carboxylic acids is 1. The van der Waals surface area contributed by atoms with Crippen LogP contribution in [0.1, 0.15) is 26.7 Å². The molecule has 0 heterocycles. The van der Waals surface area contributed by atoms with Crippen molar-refractivity contribution in [3.8, 4) is 0 Å². The highest BCUT2D eigenvalue weighted by atomic mass is 16.4. The molecule has 0 spiro atoms. The minimum Gasteiger partial charge on any atom is -0.480 e. The summed E-state index contributed by atoms with van der Waals surface area (Å²) in [6.07, 6.45) is -0.430. The third-order valence-corrected chi connectivity index (χ3v) is 2.45. The molecular weight excluding hydrogens is 198 g/mol. The number of rotatable bonds is 7. The van der Waals surface area contributed by atoms with E-state index in [9.17, 15) is 14.7 Å². The maximum Gasteiger partial charge on any atom is 0.323 e. The molecule has 0 aliphatic heterocycles. The van der Waals surface area contributed by atoms with Crippen molar-refractivity contribution in [3.63, 3.8) is 0 Å². The first kappa shape index (κ1) is 14.1. The summed E-state index contributed by atoms with van der Waals surface area (Å²) >= 11 is 0. The Bertz CT molecular complexity index is 229. The molecule has 3 unspecified atom stereocenters. The number of Topliss-reactive ketones (excluding diaryl/α,β-unsaturated/α-hetero) is 1. The molecule has 88 valence electrons. The second kappa shape index (κ2) is 6.53. The molecule has 0 aliphatic rings. The molecule has 0 rings (SSSR count). The Morgan fingerprint density at radius 3 is 2.27 bits per heavy atom. The van der Waals surface area contributed by atoms with E-state index >= 15 is 0 Å². The Kier molecular flexibility index (Phi) is 6.12. The Morgan fingerprint density at radius 2 is 1.93 bits per heavy atom. The zero-order valence-electron chi connectivity index (χ0n) is 9.36. The fourth-order valence-corrected chi connectivity index (χ4v) is 1.39. The lowest BCUT2D eigenvalue weighted by molar-refractivity contribution is -0.143. The normalized spacial score (nSPS) is 16.8. The summed E-state index contributed by atoms with van der Waals surface area (Å²) in [6.45, 7) is 3.42. The van der Waals surface area contributed by atoms with Crippen LogP contribution in [0.4, 0.5) is 0 Å². The van der Waals surface area contributed by atoms with Crippen molar-refractivity contribution in [1.82, 2.24) is 5.32 Å². The van der Waals surface area contributed by atoms with Crippen molar-refractivity contribution in [3.05, 3.63) is 0 Å². The summed E-state index contributed by atoms with van der Waals surface area (Å²) in [6, 6.07) is -1.02. The Labute approximate surface area is 89.5 Å². The van der Waals surface area contributed by atoms with E-state index in [2.05, 4.69) is 5.32 Å². The molecule has 0 amide bonds. The number of carbonyl (C=O) groups is 2. The number of carboxylic acids is 1. The van der Waals surface area contributed by atoms with Crippen LogP contribution in [0.15, 0.2) is 0 Å². The van der Waals surface area contributed by atoms with Gasteiger partial charge in [-0.3, -0.25) is 9.59 Å². The van der Waals surface area contributed by atoms with Crippen LogP contribution in [-0.2, 0) is 9.59 Å². The predicted molar refractivity (Wildman–Crippen MR) is 55.6 cm³/mol. The van der Waals surface area contributed by atoms with Crippen LogP contribution < -0.4 is 5.32 Å². The highest BCUT2D eigenvalue weighted by molar-refractivity contribution is 5.78. The molecule has 0 fully saturated rings. The maximum absolute atomic E-state index is 11.1. The van der Waals surface area contributed by atoms with Gasteiger partial charge in [-0.2, -0.15) is 0 Å². The molecule has 0 aromatic carbocycles. The Hall–Kier alpha value is -0.940. The van der Waals surface area contributed by atoms with Gasteiger partial charge < -0.3 is 15.5 Å². The molecule has 0 saturated carbocycles. The van der Waals surface area contributed by atoms with Gasteiger partial charge in [-0.1, -0.05) is 13.8 Å². The molecule has 0 saturated heterocycles. The van der Waals surface area contributed by atoms with Gasteiger partial charge in [0.25, 0.3) is 0 Å². The molecule has 5 heteroatoms. The highest BCUT2D eigenvalue weighted by Gasteiger charge is 2.29. The lowest BCUT2D eigenvalue weighted by Crippen LogP contribution is -2.47. The first-order valence-corrected chi connectivity index (χ1v) is 5.03. The molecule has 0 aliphatic carbocycles. The van der Waals surface area contributed by atoms with Crippen molar-refractivity contribution >= 4 is 11.8 Å². The van der Waals surface area contributed by atoms with E-state index < -0.39 is 18.1 Å². The molecular formula is C10H19NO4. The summed E-state index contributed by atoms with van der Waals surface area (Å²) < 4.78 is 0. The predicted octanol–water partition coefficient (Wildman–Crippen LogP) is 0.0252. The van der Waals surface area contributed by atoms with Gasteiger partial charge in [-0.15, -0.1) is 0 Å². The first-order valence-electron chi connectivity index (χ1n) is 5.03. The van der Waals surface area contributed by atoms with Crippen molar-refractivity contribution < 1.29 is 19.8 Å². The number of aliphatic hydroxyl groups is 1. The van der Waals surface area contributed by atoms with Gasteiger partial charge in [0, 0.05) is 12.8 Å². The molecule has 0 bridgehead atoms. The molecule has 15 heavy (non-hydrogen) atoms. The van der Waals surface area contributed by atoms with E-state index in [1.807, 2.05) is 0 Å². The number of hydrogen-bond acceptors (Lipinski definition) is 4.